The Balaban J connectivity index is 2.34. The van der Waals surface area contributed by atoms with Gasteiger partial charge < -0.3 is 10.5 Å². The van der Waals surface area contributed by atoms with Gasteiger partial charge in [-0.1, -0.05) is 33.6 Å². The third-order valence-corrected chi connectivity index (χ3v) is 3.21. The fourth-order valence-electron chi connectivity index (χ4n) is 1.63. The topological polar surface area (TPSA) is 35.2 Å². The molecule has 0 radical (unpaired) electrons. The highest BCUT2D eigenvalue weighted by atomic mass is 79.9. The van der Waals surface area contributed by atoms with Gasteiger partial charge in [0.15, 0.2) is 0 Å². The predicted molar refractivity (Wildman–Crippen MR) is 78.3 cm³/mol. The molecule has 2 aromatic carbocycles. The molecule has 0 bridgehead atoms. The normalized spacial score (nSPS) is 12.2. The quantitative estimate of drug-likeness (QED) is 0.869. The van der Waals surface area contributed by atoms with Crippen LogP contribution in [0.3, 0.4) is 0 Å². The Labute approximate surface area is 120 Å². The maximum atomic E-state index is 5.94. The molecule has 0 saturated heterocycles. The van der Waals surface area contributed by atoms with Gasteiger partial charge in [0.1, 0.15) is 11.5 Å². The highest BCUT2D eigenvalue weighted by molar-refractivity contribution is 9.10. The SMILES string of the molecule is CC(N)c1cc(Br)ccc1Oc1cccc(Cl)c1. The maximum absolute atomic E-state index is 5.94. The number of benzene rings is 2. The zero-order valence-electron chi connectivity index (χ0n) is 9.86. The molecule has 0 amide bonds. The minimum absolute atomic E-state index is 0.100. The second kappa shape index (κ2) is 5.74. The summed E-state index contributed by atoms with van der Waals surface area (Å²) >= 11 is 9.36. The standard InChI is InChI=1S/C14H13BrClNO/c1-9(17)13-7-10(15)5-6-14(13)18-12-4-2-3-11(16)8-12/h2-9H,17H2,1H3. The molecule has 0 saturated carbocycles. The number of ether oxygens (including phenoxy) is 1. The van der Waals surface area contributed by atoms with Crippen LogP contribution < -0.4 is 10.5 Å². The van der Waals surface area contributed by atoms with E-state index in [4.69, 9.17) is 22.1 Å². The van der Waals surface area contributed by atoms with E-state index in [0.29, 0.717) is 10.8 Å². The van der Waals surface area contributed by atoms with E-state index in [9.17, 15) is 0 Å². The molecule has 0 aliphatic heterocycles. The molecule has 0 spiro atoms. The van der Waals surface area contributed by atoms with Gasteiger partial charge in [-0.3, -0.25) is 0 Å². The lowest BCUT2D eigenvalue weighted by Crippen LogP contribution is -2.06. The smallest absolute Gasteiger partial charge is 0.132 e. The van der Waals surface area contributed by atoms with Crippen molar-refractivity contribution in [3.63, 3.8) is 0 Å². The summed E-state index contributed by atoms with van der Waals surface area (Å²) < 4.78 is 6.80. The minimum Gasteiger partial charge on any atom is -0.457 e. The molecule has 0 heterocycles. The van der Waals surface area contributed by atoms with Crippen LogP contribution in [-0.2, 0) is 0 Å². The highest BCUT2D eigenvalue weighted by Crippen LogP contribution is 2.32. The van der Waals surface area contributed by atoms with Crippen molar-refractivity contribution >= 4 is 27.5 Å². The van der Waals surface area contributed by atoms with Crippen molar-refractivity contribution in [2.45, 2.75) is 13.0 Å². The van der Waals surface area contributed by atoms with Crippen LogP contribution >= 0.6 is 27.5 Å². The fraction of sp³-hybridized carbons (Fsp3) is 0.143. The van der Waals surface area contributed by atoms with Crippen LogP contribution in [0.25, 0.3) is 0 Å². The molecule has 0 fully saturated rings. The monoisotopic (exact) mass is 325 g/mol. The zero-order chi connectivity index (χ0) is 13.1. The third kappa shape index (κ3) is 3.25. The molecular weight excluding hydrogens is 314 g/mol. The Bertz CT molecular complexity index is 557. The average Bonchev–Trinajstić information content (AvgIpc) is 2.31. The molecule has 1 unspecified atom stereocenters. The van der Waals surface area contributed by atoms with Crippen LogP contribution in [0.15, 0.2) is 46.9 Å². The molecule has 2 aromatic rings. The van der Waals surface area contributed by atoms with Gasteiger partial charge in [0.05, 0.1) is 0 Å². The molecule has 0 aliphatic carbocycles. The van der Waals surface area contributed by atoms with Crippen molar-refractivity contribution in [3.05, 3.63) is 57.5 Å². The van der Waals surface area contributed by atoms with Gasteiger partial charge in [-0.2, -0.15) is 0 Å². The molecule has 2 nitrogen and oxygen atoms in total. The molecular formula is C14H13BrClNO. The summed E-state index contributed by atoms with van der Waals surface area (Å²) in [6, 6.07) is 13.0. The van der Waals surface area contributed by atoms with Crippen molar-refractivity contribution < 1.29 is 4.74 Å². The van der Waals surface area contributed by atoms with Crippen LogP contribution in [0.1, 0.15) is 18.5 Å². The van der Waals surface area contributed by atoms with Crippen molar-refractivity contribution in [1.82, 2.24) is 0 Å². The third-order valence-electron chi connectivity index (χ3n) is 2.49. The minimum atomic E-state index is -0.100. The number of hydrogen-bond donors (Lipinski definition) is 1. The van der Waals surface area contributed by atoms with Crippen molar-refractivity contribution in [1.29, 1.82) is 0 Å². The van der Waals surface area contributed by atoms with E-state index in [1.54, 1.807) is 6.07 Å². The summed E-state index contributed by atoms with van der Waals surface area (Å²) in [4.78, 5) is 0. The summed E-state index contributed by atoms with van der Waals surface area (Å²) in [5.41, 5.74) is 6.89. The van der Waals surface area contributed by atoms with Crippen LogP contribution in [0.5, 0.6) is 11.5 Å². The maximum Gasteiger partial charge on any atom is 0.132 e. The molecule has 1 atom stereocenters. The molecule has 4 heteroatoms. The van der Waals surface area contributed by atoms with E-state index >= 15 is 0 Å². The van der Waals surface area contributed by atoms with Gasteiger partial charge >= 0.3 is 0 Å². The largest absolute Gasteiger partial charge is 0.457 e. The average molecular weight is 327 g/mol. The van der Waals surface area contributed by atoms with Crippen LogP contribution in [0, 0.1) is 0 Å². The second-order valence-electron chi connectivity index (χ2n) is 4.03. The molecule has 0 aliphatic rings. The van der Waals surface area contributed by atoms with E-state index < -0.39 is 0 Å². The second-order valence-corrected chi connectivity index (χ2v) is 5.38. The van der Waals surface area contributed by atoms with E-state index in [-0.39, 0.29) is 6.04 Å². The van der Waals surface area contributed by atoms with Crippen LogP contribution in [0.4, 0.5) is 0 Å². The Kier molecular flexibility index (Phi) is 4.27. The van der Waals surface area contributed by atoms with E-state index in [1.807, 2.05) is 43.3 Å². The Morgan fingerprint density at radius 2 is 2.00 bits per heavy atom. The van der Waals surface area contributed by atoms with Gasteiger partial charge in [-0.05, 0) is 43.3 Å². The number of rotatable bonds is 3. The Hall–Kier alpha value is -1.03. The van der Waals surface area contributed by atoms with Crippen LogP contribution in [-0.4, -0.2) is 0 Å². The summed E-state index contributed by atoms with van der Waals surface area (Å²) in [6.45, 7) is 1.92. The number of nitrogens with two attached hydrogens (primary N) is 1. The first-order valence-corrected chi connectivity index (χ1v) is 6.72. The van der Waals surface area contributed by atoms with Gasteiger partial charge in [-0.15, -0.1) is 0 Å². The Morgan fingerprint density at radius 3 is 2.67 bits per heavy atom. The summed E-state index contributed by atoms with van der Waals surface area (Å²) in [7, 11) is 0. The molecule has 2 rings (SSSR count). The van der Waals surface area contributed by atoms with Gasteiger partial charge in [0.2, 0.25) is 0 Å². The molecule has 18 heavy (non-hydrogen) atoms. The Morgan fingerprint density at radius 1 is 1.22 bits per heavy atom. The number of hydrogen-bond acceptors (Lipinski definition) is 2. The summed E-state index contributed by atoms with van der Waals surface area (Å²) in [6.07, 6.45) is 0. The first-order valence-electron chi connectivity index (χ1n) is 5.54. The van der Waals surface area contributed by atoms with Crippen molar-refractivity contribution in [2.24, 2.45) is 5.73 Å². The van der Waals surface area contributed by atoms with E-state index in [0.717, 1.165) is 15.8 Å². The van der Waals surface area contributed by atoms with E-state index in [1.165, 1.54) is 0 Å². The lowest BCUT2D eigenvalue weighted by Gasteiger charge is -2.14. The summed E-state index contributed by atoms with van der Waals surface area (Å²) in [5.74, 6) is 1.45. The lowest BCUT2D eigenvalue weighted by atomic mass is 10.1. The summed E-state index contributed by atoms with van der Waals surface area (Å²) in [5, 5.41) is 0.645. The molecule has 94 valence electrons. The highest BCUT2D eigenvalue weighted by Gasteiger charge is 2.09. The van der Waals surface area contributed by atoms with Crippen LogP contribution in [0.2, 0.25) is 5.02 Å². The zero-order valence-corrected chi connectivity index (χ0v) is 12.2. The van der Waals surface area contributed by atoms with Crippen molar-refractivity contribution in [2.75, 3.05) is 0 Å². The predicted octanol–water partition coefficient (Wildman–Crippen LogP) is 4.91. The van der Waals surface area contributed by atoms with Gasteiger partial charge in [-0.25, -0.2) is 0 Å². The lowest BCUT2D eigenvalue weighted by molar-refractivity contribution is 0.472. The van der Waals surface area contributed by atoms with Gasteiger partial charge in [0, 0.05) is 21.1 Å². The first-order chi connectivity index (χ1) is 8.56. The van der Waals surface area contributed by atoms with E-state index in [2.05, 4.69) is 15.9 Å². The molecule has 0 aromatic heterocycles. The van der Waals surface area contributed by atoms with Gasteiger partial charge in [0.25, 0.3) is 0 Å². The first kappa shape index (κ1) is 13.4. The van der Waals surface area contributed by atoms with Crippen molar-refractivity contribution in [3.8, 4) is 11.5 Å². The fourth-order valence-corrected chi connectivity index (χ4v) is 2.18. The molecule has 2 N–H and O–H groups in total. The number of halogens is 2.